The maximum Gasteiger partial charge on any atom is 0.248 e. The number of carbonyl (C=O) groups excluding carboxylic acids is 2. The maximum atomic E-state index is 12.4. The third kappa shape index (κ3) is 6.19. The monoisotopic (exact) mass is 493 g/mol. The summed E-state index contributed by atoms with van der Waals surface area (Å²) < 4.78 is 0. The van der Waals surface area contributed by atoms with E-state index in [-0.39, 0.29) is 11.7 Å². The van der Waals surface area contributed by atoms with Gasteiger partial charge >= 0.3 is 0 Å². The predicted octanol–water partition coefficient (Wildman–Crippen LogP) is 5.66. The van der Waals surface area contributed by atoms with Crippen LogP contribution in [0.15, 0.2) is 78.5 Å². The number of ketones is 1. The summed E-state index contributed by atoms with van der Waals surface area (Å²) >= 11 is 0. The molecule has 0 spiro atoms. The number of hydrogen-bond donors (Lipinski definition) is 2. The quantitative estimate of drug-likeness (QED) is 0.413. The second-order valence-electron chi connectivity index (χ2n) is 9.51. The summed E-state index contributed by atoms with van der Waals surface area (Å²) in [5.41, 5.74) is 4.86. The van der Waals surface area contributed by atoms with Crippen LogP contribution in [0.5, 0.6) is 0 Å². The first-order chi connectivity index (χ1) is 18.0. The SMILES string of the molecule is CC1=C(c2ccc3nc(Nc4cccc(NC(=O)/C=C/CN5CCCCC5)c4)ncc3c2)C(=O)CC=C1. The van der Waals surface area contributed by atoms with Crippen LogP contribution in [0.3, 0.4) is 0 Å². The molecule has 0 saturated carbocycles. The van der Waals surface area contributed by atoms with Crippen LogP contribution in [0, 0.1) is 0 Å². The molecule has 2 aliphatic rings. The van der Waals surface area contributed by atoms with Gasteiger partial charge in [-0.05, 0) is 74.3 Å². The lowest BCUT2D eigenvalue weighted by Gasteiger charge is -2.24. The van der Waals surface area contributed by atoms with Crippen molar-refractivity contribution in [1.82, 2.24) is 14.9 Å². The number of aromatic nitrogens is 2. The van der Waals surface area contributed by atoms with Crippen molar-refractivity contribution in [3.63, 3.8) is 0 Å². The van der Waals surface area contributed by atoms with E-state index in [1.165, 1.54) is 19.3 Å². The molecule has 2 aromatic carbocycles. The number of nitrogens with one attached hydrogen (secondary N) is 2. The average Bonchev–Trinajstić information content (AvgIpc) is 2.89. The lowest BCUT2D eigenvalue weighted by Crippen LogP contribution is -2.29. The molecule has 1 amide bonds. The molecule has 0 radical (unpaired) electrons. The number of likely N-dealkylation sites (tertiary alicyclic amines) is 1. The van der Waals surface area contributed by atoms with Gasteiger partial charge in [0.1, 0.15) is 0 Å². The molecule has 188 valence electrons. The van der Waals surface area contributed by atoms with Crippen LogP contribution in [0.1, 0.15) is 38.2 Å². The molecule has 2 heterocycles. The molecule has 0 unspecified atom stereocenters. The molecule has 0 atom stereocenters. The Hall–Kier alpha value is -4.10. The molecule has 7 heteroatoms. The molecule has 1 aromatic heterocycles. The van der Waals surface area contributed by atoms with Crippen molar-refractivity contribution >= 4 is 45.5 Å². The Morgan fingerprint density at radius 1 is 1.08 bits per heavy atom. The largest absolute Gasteiger partial charge is 0.324 e. The molecular weight excluding hydrogens is 462 g/mol. The molecule has 1 saturated heterocycles. The van der Waals surface area contributed by atoms with Crippen LogP contribution in [-0.4, -0.2) is 46.2 Å². The fourth-order valence-electron chi connectivity index (χ4n) is 4.82. The van der Waals surface area contributed by atoms with Crippen LogP contribution in [0.4, 0.5) is 17.3 Å². The van der Waals surface area contributed by atoms with Crippen molar-refractivity contribution in [3.8, 4) is 0 Å². The zero-order valence-electron chi connectivity index (χ0n) is 21.0. The first-order valence-electron chi connectivity index (χ1n) is 12.8. The van der Waals surface area contributed by atoms with Gasteiger partial charge in [0.25, 0.3) is 0 Å². The number of carbonyl (C=O) groups is 2. The van der Waals surface area contributed by atoms with Gasteiger partial charge in [-0.2, -0.15) is 0 Å². The highest BCUT2D eigenvalue weighted by Gasteiger charge is 2.17. The minimum absolute atomic E-state index is 0.128. The second-order valence-corrected chi connectivity index (χ2v) is 9.51. The summed E-state index contributed by atoms with van der Waals surface area (Å²) in [4.78, 5) is 36.3. The molecule has 1 aliphatic carbocycles. The average molecular weight is 494 g/mol. The molecule has 1 aliphatic heterocycles. The molecule has 37 heavy (non-hydrogen) atoms. The number of fused-ring (bicyclic) bond motifs is 1. The number of anilines is 3. The fraction of sp³-hybridized carbons (Fsp3) is 0.267. The van der Waals surface area contributed by atoms with E-state index in [1.807, 2.05) is 67.6 Å². The number of amides is 1. The lowest BCUT2D eigenvalue weighted by molar-refractivity contribution is -0.113. The van der Waals surface area contributed by atoms with Gasteiger partial charge in [-0.25, -0.2) is 9.97 Å². The van der Waals surface area contributed by atoms with Crippen LogP contribution in [0.2, 0.25) is 0 Å². The highest BCUT2D eigenvalue weighted by Crippen LogP contribution is 2.28. The lowest BCUT2D eigenvalue weighted by atomic mass is 9.91. The van der Waals surface area contributed by atoms with Crippen LogP contribution < -0.4 is 10.6 Å². The molecule has 3 aromatic rings. The Bertz CT molecular complexity index is 1420. The summed E-state index contributed by atoms with van der Waals surface area (Å²) in [6.07, 6.45) is 13.4. The van der Waals surface area contributed by atoms with E-state index in [0.717, 1.165) is 52.9 Å². The van der Waals surface area contributed by atoms with Gasteiger partial charge in [-0.15, -0.1) is 0 Å². The summed E-state index contributed by atoms with van der Waals surface area (Å²) in [5, 5.41) is 7.00. The van der Waals surface area contributed by atoms with Gasteiger partial charge < -0.3 is 10.6 Å². The maximum absolute atomic E-state index is 12.4. The number of nitrogens with zero attached hydrogens (tertiary/aromatic N) is 3. The Balaban J connectivity index is 1.24. The van der Waals surface area contributed by atoms with Crippen molar-refractivity contribution < 1.29 is 9.59 Å². The van der Waals surface area contributed by atoms with Crippen molar-refractivity contribution in [2.75, 3.05) is 30.3 Å². The van der Waals surface area contributed by atoms with Crippen molar-refractivity contribution in [1.29, 1.82) is 0 Å². The predicted molar refractivity (Wildman–Crippen MR) is 149 cm³/mol. The Morgan fingerprint density at radius 2 is 1.92 bits per heavy atom. The van der Waals surface area contributed by atoms with Crippen LogP contribution in [0.25, 0.3) is 16.5 Å². The molecule has 1 fully saturated rings. The number of hydrogen-bond acceptors (Lipinski definition) is 6. The molecule has 2 N–H and O–H groups in total. The van der Waals surface area contributed by atoms with Gasteiger partial charge in [-0.1, -0.05) is 36.8 Å². The first-order valence-corrected chi connectivity index (χ1v) is 12.8. The minimum atomic E-state index is -0.149. The normalized spacial score (nSPS) is 16.5. The molecule has 7 nitrogen and oxygen atoms in total. The second kappa shape index (κ2) is 11.3. The zero-order chi connectivity index (χ0) is 25.6. The summed E-state index contributed by atoms with van der Waals surface area (Å²) in [5.74, 6) is 0.435. The number of benzene rings is 2. The van der Waals surface area contributed by atoms with Gasteiger partial charge in [0, 0.05) is 47.6 Å². The molecule has 0 bridgehead atoms. The number of allylic oxidation sites excluding steroid dienone is 4. The molecule has 5 rings (SSSR count). The highest BCUT2D eigenvalue weighted by molar-refractivity contribution is 6.23. The van der Waals surface area contributed by atoms with Crippen molar-refractivity contribution in [3.05, 3.63) is 84.1 Å². The van der Waals surface area contributed by atoms with Crippen molar-refractivity contribution in [2.45, 2.75) is 32.6 Å². The fourth-order valence-corrected chi connectivity index (χ4v) is 4.82. The number of rotatable bonds is 7. The standard InChI is InChI=1S/C30H31N5O2/c1-21-8-5-11-27(36)29(21)22-13-14-26-23(18-22)20-31-30(34-26)33-25-10-6-9-24(19-25)32-28(37)12-7-17-35-15-3-2-4-16-35/h5-10,12-14,18-20H,2-4,11,15-17H2,1H3,(H,32,37)(H,31,33,34)/b12-7+. The van der Waals surface area contributed by atoms with Gasteiger partial charge in [0.05, 0.1) is 5.52 Å². The minimum Gasteiger partial charge on any atom is -0.324 e. The van der Waals surface area contributed by atoms with E-state index in [0.29, 0.717) is 18.1 Å². The summed E-state index contributed by atoms with van der Waals surface area (Å²) in [7, 11) is 0. The Labute approximate surface area is 217 Å². The van der Waals surface area contributed by atoms with E-state index in [4.69, 9.17) is 0 Å². The first kappa shape index (κ1) is 24.6. The van der Waals surface area contributed by atoms with Crippen LogP contribution in [-0.2, 0) is 9.59 Å². The van der Waals surface area contributed by atoms with E-state index in [2.05, 4.69) is 25.5 Å². The highest BCUT2D eigenvalue weighted by atomic mass is 16.1. The Morgan fingerprint density at radius 3 is 2.76 bits per heavy atom. The zero-order valence-corrected chi connectivity index (χ0v) is 21.0. The van der Waals surface area contributed by atoms with E-state index >= 15 is 0 Å². The van der Waals surface area contributed by atoms with E-state index in [9.17, 15) is 9.59 Å². The van der Waals surface area contributed by atoms with Gasteiger partial charge in [0.2, 0.25) is 11.9 Å². The van der Waals surface area contributed by atoms with Crippen molar-refractivity contribution in [2.24, 2.45) is 0 Å². The van der Waals surface area contributed by atoms with Gasteiger partial charge in [0.15, 0.2) is 5.78 Å². The smallest absolute Gasteiger partial charge is 0.248 e. The molecular formula is C30H31N5O2. The third-order valence-electron chi connectivity index (χ3n) is 6.68. The third-order valence-corrected chi connectivity index (χ3v) is 6.68. The van der Waals surface area contributed by atoms with E-state index in [1.54, 1.807) is 12.3 Å². The van der Waals surface area contributed by atoms with Crippen LogP contribution >= 0.6 is 0 Å². The summed E-state index contributed by atoms with van der Waals surface area (Å²) in [6.45, 7) is 4.97. The summed E-state index contributed by atoms with van der Waals surface area (Å²) in [6, 6.07) is 13.3. The Kier molecular flexibility index (Phi) is 7.51. The van der Waals surface area contributed by atoms with E-state index < -0.39 is 0 Å². The van der Waals surface area contributed by atoms with Gasteiger partial charge in [-0.3, -0.25) is 14.5 Å². The number of Topliss-reactive ketones (excluding diaryl/α,β-unsaturated/α-hetero) is 1. The topological polar surface area (TPSA) is 87.2 Å². The number of piperidine rings is 1.